The second-order valence-corrected chi connectivity index (χ2v) is 7.96. The van der Waals surface area contributed by atoms with E-state index in [0.29, 0.717) is 27.4 Å². The van der Waals surface area contributed by atoms with Crippen LogP contribution in [0.3, 0.4) is 0 Å². The van der Waals surface area contributed by atoms with Crippen molar-refractivity contribution >= 4 is 40.0 Å². The van der Waals surface area contributed by atoms with Gasteiger partial charge < -0.3 is 19.8 Å². The van der Waals surface area contributed by atoms with Gasteiger partial charge in [-0.2, -0.15) is 0 Å². The van der Waals surface area contributed by atoms with Gasteiger partial charge in [0.15, 0.2) is 12.4 Å². The third-order valence-electron chi connectivity index (χ3n) is 4.89. The maximum atomic E-state index is 12.3. The van der Waals surface area contributed by atoms with E-state index in [0.717, 1.165) is 29.7 Å². The number of hydrogen-bond donors (Lipinski definition) is 2. The molecule has 1 amide bonds. The second-order valence-electron chi connectivity index (χ2n) is 6.86. The Balaban J connectivity index is 1.69. The molecule has 9 heteroatoms. The highest BCUT2D eigenvalue weighted by molar-refractivity contribution is 7.17. The third kappa shape index (κ3) is 3.95. The van der Waals surface area contributed by atoms with Gasteiger partial charge in [-0.3, -0.25) is 9.59 Å². The van der Waals surface area contributed by atoms with E-state index in [1.54, 1.807) is 13.8 Å². The van der Waals surface area contributed by atoms with Crippen LogP contribution in [0.25, 0.3) is 0 Å². The lowest BCUT2D eigenvalue weighted by atomic mass is 10.1. The van der Waals surface area contributed by atoms with Gasteiger partial charge in [-0.05, 0) is 51.2 Å². The van der Waals surface area contributed by atoms with Gasteiger partial charge in [0.2, 0.25) is 0 Å². The lowest BCUT2D eigenvalue weighted by Crippen LogP contribution is -2.22. The quantitative estimate of drug-likeness (QED) is 0.551. The van der Waals surface area contributed by atoms with Crippen molar-refractivity contribution in [2.75, 3.05) is 19.0 Å². The zero-order chi connectivity index (χ0) is 21.3. The van der Waals surface area contributed by atoms with E-state index < -0.39 is 24.5 Å². The molecular formula is C20H22N2O6S. The van der Waals surface area contributed by atoms with E-state index in [9.17, 15) is 19.2 Å². The van der Waals surface area contributed by atoms with Crippen LogP contribution in [0, 0.1) is 13.8 Å². The van der Waals surface area contributed by atoms with Crippen molar-refractivity contribution in [2.45, 2.75) is 40.0 Å². The van der Waals surface area contributed by atoms with Gasteiger partial charge in [-0.25, -0.2) is 9.59 Å². The van der Waals surface area contributed by atoms with Crippen molar-refractivity contribution in [3.8, 4) is 0 Å². The number of hydrogen-bond acceptors (Lipinski definition) is 7. The predicted molar refractivity (Wildman–Crippen MR) is 107 cm³/mol. The van der Waals surface area contributed by atoms with Gasteiger partial charge in [0.1, 0.15) is 10.7 Å². The van der Waals surface area contributed by atoms with Crippen molar-refractivity contribution in [1.82, 2.24) is 4.98 Å². The number of carbonyl (C=O) groups excluding carboxylic acids is 4. The number of aromatic nitrogens is 1. The molecule has 0 fully saturated rings. The summed E-state index contributed by atoms with van der Waals surface area (Å²) in [6.45, 7) is 4.24. The Morgan fingerprint density at radius 1 is 1.10 bits per heavy atom. The minimum atomic E-state index is -0.727. The Morgan fingerprint density at radius 3 is 2.45 bits per heavy atom. The van der Waals surface area contributed by atoms with E-state index in [2.05, 4.69) is 10.3 Å². The summed E-state index contributed by atoms with van der Waals surface area (Å²) in [7, 11) is 1.30. The number of ketones is 1. The molecule has 2 aromatic heterocycles. The molecule has 1 aliphatic rings. The van der Waals surface area contributed by atoms with E-state index in [1.165, 1.54) is 25.4 Å². The Bertz CT molecular complexity index is 1020. The standard InChI is InChI=1S/C20H22N2O6S/c1-9-15(11(3)23)10(2)21-17(9)20(26)28-8-14(24)22-18-16(19(25)27-4)12-6-5-7-13(12)29-18/h21H,5-8H2,1-4H3,(H,22,24). The number of aromatic amines is 1. The molecular weight excluding hydrogens is 396 g/mol. The minimum absolute atomic E-state index is 0.144. The Morgan fingerprint density at radius 2 is 1.83 bits per heavy atom. The fraction of sp³-hybridized carbons (Fsp3) is 0.400. The summed E-state index contributed by atoms with van der Waals surface area (Å²) >= 11 is 1.35. The van der Waals surface area contributed by atoms with Crippen LogP contribution >= 0.6 is 11.3 Å². The van der Waals surface area contributed by atoms with Gasteiger partial charge in [0, 0.05) is 16.1 Å². The molecule has 1 aliphatic carbocycles. The molecule has 2 N–H and O–H groups in total. The number of methoxy groups -OCH3 is 1. The molecule has 0 spiro atoms. The van der Waals surface area contributed by atoms with Crippen LogP contribution in [-0.2, 0) is 27.1 Å². The number of amides is 1. The van der Waals surface area contributed by atoms with Crippen LogP contribution in [0.4, 0.5) is 5.00 Å². The summed E-state index contributed by atoms with van der Waals surface area (Å²) in [6.07, 6.45) is 2.60. The number of thiophene rings is 1. The molecule has 2 heterocycles. The monoisotopic (exact) mass is 418 g/mol. The number of anilines is 1. The molecule has 154 valence electrons. The van der Waals surface area contributed by atoms with Crippen molar-refractivity contribution in [3.05, 3.63) is 38.5 Å². The number of ether oxygens (including phenoxy) is 2. The average molecular weight is 418 g/mol. The lowest BCUT2D eigenvalue weighted by Gasteiger charge is -2.08. The van der Waals surface area contributed by atoms with Crippen molar-refractivity contribution in [1.29, 1.82) is 0 Å². The molecule has 0 unspecified atom stereocenters. The van der Waals surface area contributed by atoms with Crippen LogP contribution in [0.1, 0.15) is 66.2 Å². The first-order valence-electron chi connectivity index (χ1n) is 9.14. The van der Waals surface area contributed by atoms with Crippen molar-refractivity contribution in [3.63, 3.8) is 0 Å². The van der Waals surface area contributed by atoms with E-state index in [4.69, 9.17) is 9.47 Å². The smallest absolute Gasteiger partial charge is 0.355 e. The Labute approximate surface area is 171 Å². The van der Waals surface area contributed by atoms with Gasteiger partial charge >= 0.3 is 11.9 Å². The van der Waals surface area contributed by atoms with Gasteiger partial charge in [-0.15, -0.1) is 11.3 Å². The number of Topliss-reactive ketones (excluding diaryl/α,β-unsaturated/α-hetero) is 1. The highest BCUT2D eigenvalue weighted by Crippen LogP contribution is 2.39. The van der Waals surface area contributed by atoms with E-state index in [-0.39, 0.29) is 11.5 Å². The second kappa shape index (κ2) is 8.20. The van der Waals surface area contributed by atoms with Crippen LogP contribution in [0.2, 0.25) is 0 Å². The van der Waals surface area contributed by atoms with Crippen molar-refractivity contribution < 1.29 is 28.7 Å². The number of aryl methyl sites for hydroxylation is 2. The molecule has 0 atom stereocenters. The Kier molecular flexibility index (Phi) is 5.88. The molecule has 0 aromatic carbocycles. The summed E-state index contributed by atoms with van der Waals surface area (Å²) in [6, 6.07) is 0. The minimum Gasteiger partial charge on any atom is -0.465 e. The SMILES string of the molecule is COC(=O)c1c(NC(=O)COC(=O)c2[nH]c(C)c(C(C)=O)c2C)sc2c1CCC2. The maximum absolute atomic E-state index is 12.3. The molecule has 0 radical (unpaired) electrons. The number of nitrogens with one attached hydrogen (secondary N) is 2. The molecule has 8 nitrogen and oxygen atoms in total. The molecule has 29 heavy (non-hydrogen) atoms. The normalized spacial score (nSPS) is 12.4. The number of fused-ring (bicyclic) bond motifs is 1. The first-order valence-corrected chi connectivity index (χ1v) is 9.96. The fourth-order valence-electron chi connectivity index (χ4n) is 3.66. The summed E-state index contributed by atoms with van der Waals surface area (Å²) in [4.78, 5) is 52.4. The zero-order valence-electron chi connectivity index (χ0n) is 16.7. The molecule has 0 saturated heterocycles. The fourth-order valence-corrected chi connectivity index (χ4v) is 4.95. The zero-order valence-corrected chi connectivity index (χ0v) is 17.5. The van der Waals surface area contributed by atoms with E-state index >= 15 is 0 Å². The predicted octanol–water partition coefficient (Wildman–Crippen LogP) is 2.97. The van der Waals surface area contributed by atoms with Crippen LogP contribution in [-0.4, -0.2) is 42.3 Å². The largest absolute Gasteiger partial charge is 0.465 e. The Hall–Kier alpha value is -2.94. The van der Waals surface area contributed by atoms with Crippen LogP contribution < -0.4 is 5.32 Å². The third-order valence-corrected chi connectivity index (χ3v) is 6.10. The van der Waals surface area contributed by atoms with Crippen LogP contribution in [0.15, 0.2) is 0 Å². The van der Waals surface area contributed by atoms with Crippen molar-refractivity contribution in [2.24, 2.45) is 0 Å². The molecule has 3 rings (SSSR count). The summed E-state index contributed by atoms with van der Waals surface area (Å²) in [5, 5.41) is 3.06. The van der Waals surface area contributed by atoms with Gasteiger partial charge in [0.05, 0.1) is 12.7 Å². The maximum Gasteiger partial charge on any atom is 0.355 e. The summed E-state index contributed by atoms with van der Waals surface area (Å²) < 4.78 is 9.93. The number of H-pyrrole nitrogens is 1. The highest BCUT2D eigenvalue weighted by atomic mass is 32.1. The number of rotatable bonds is 6. The number of carbonyl (C=O) groups is 4. The first-order chi connectivity index (χ1) is 13.7. The first kappa shape index (κ1) is 20.8. The molecule has 0 bridgehead atoms. The molecule has 2 aromatic rings. The summed E-state index contributed by atoms with van der Waals surface area (Å²) in [5.41, 5.74) is 2.95. The molecule has 0 saturated carbocycles. The molecule has 0 aliphatic heterocycles. The van der Waals surface area contributed by atoms with Gasteiger partial charge in [0.25, 0.3) is 5.91 Å². The summed E-state index contributed by atoms with van der Waals surface area (Å²) in [5.74, 6) is -1.94. The van der Waals surface area contributed by atoms with E-state index in [1.807, 2.05) is 0 Å². The lowest BCUT2D eigenvalue weighted by molar-refractivity contribution is -0.119. The van der Waals surface area contributed by atoms with Gasteiger partial charge in [-0.1, -0.05) is 0 Å². The van der Waals surface area contributed by atoms with Crippen LogP contribution in [0.5, 0.6) is 0 Å². The highest BCUT2D eigenvalue weighted by Gasteiger charge is 2.28. The topological polar surface area (TPSA) is 115 Å². The number of esters is 2. The average Bonchev–Trinajstić information content (AvgIpc) is 3.31.